The Morgan fingerprint density at radius 2 is 1.82 bits per heavy atom. The zero-order valence-corrected chi connectivity index (χ0v) is 16.7. The molecule has 28 heavy (non-hydrogen) atoms. The van der Waals surface area contributed by atoms with Crippen LogP contribution in [-0.4, -0.2) is 30.0 Å². The van der Waals surface area contributed by atoms with Crippen molar-refractivity contribution >= 4 is 33.0 Å². The van der Waals surface area contributed by atoms with Crippen LogP contribution in [0.3, 0.4) is 0 Å². The lowest BCUT2D eigenvalue weighted by molar-refractivity contribution is 0.102. The molecule has 144 valence electrons. The molecule has 0 aliphatic rings. The summed E-state index contributed by atoms with van der Waals surface area (Å²) >= 11 is 6.14. The van der Waals surface area contributed by atoms with Crippen LogP contribution >= 0.6 is 11.6 Å². The summed E-state index contributed by atoms with van der Waals surface area (Å²) in [4.78, 5) is 20.6. The Kier molecular flexibility index (Phi) is 6.06. The minimum Gasteiger partial charge on any atom is -0.321 e. The van der Waals surface area contributed by atoms with E-state index in [0.29, 0.717) is 28.4 Å². The van der Waals surface area contributed by atoms with Crippen molar-refractivity contribution in [3.63, 3.8) is 0 Å². The molecular weight excluding hydrogens is 398 g/mol. The third-order valence-corrected chi connectivity index (χ3v) is 6.09. The van der Waals surface area contributed by atoms with Crippen molar-refractivity contribution in [2.45, 2.75) is 18.4 Å². The Morgan fingerprint density at radius 1 is 1.07 bits per heavy atom. The summed E-state index contributed by atoms with van der Waals surface area (Å²) in [5, 5.41) is 3.24. The van der Waals surface area contributed by atoms with E-state index in [1.165, 1.54) is 18.3 Å². The molecule has 0 aliphatic carbocycles. The largest absolute Gasteiger partial charge is 0.321 e. The fourth-order valence-electron chi connectivity index (χ4n) is 2.59. The maximum atomic E-state index is 12.4. The van der Waals surface area contributed by atoms with E-state index in [0.717, 1.165) is 5.56 Å². The molecular formula is C20H18ClN3O3S. The number of carbonyl (C=O) groups is 1. The molecule has 3 rings (SSSR count). The van der Waals surface area contributed by atoms with Crippen molar-refractivity contribution in [3.05, 3.63) is 71.5 Å². The number of rotatable bonds is 6. The number of halogens is 1. The minimum absolute atomic E-state index is 0.00365. The van der Waals surface area contributed by atoms with Gasteiger partial charge in [-0.1, -0.05) is 30.7 Å². The number of amides is 1. The number of nitrogens with zero attached hydrogens (tertiary/aromatic N) is 2. The van der Waals surface area contributed by atoms with Gasteiger partial charge in [-0.3, -0.25) is 9.78 Å². The molecule has 0 saturated heterocycles. The number of anilines is 1. The average molecular weight is 416 g/mol. The maximum absolute atomic E-state index is 12.4. The quantitative estimate of drug-likeness (QED) is 0.650. The molecule has 8 heteroatoms. The van der Waals surface area contributed by atoms with E-state index in [-0.39, 0.29) is 16.7 Å². The molecule has 0 unspecified atom stereocenters. The van der Waals surface area contributed by atoms with Crippen molar-refractivity contribution in [1.29, 1.82) is 0 Å². The summed E-state index contributed by atoms with van der Waals surface area (Å²) in [6, 6.07) is 13.3. The van der Waals surface area contributed by atoms with Crippen molar-refractivity contribution in [2.24, 2.45) is 0 Å². The molecule has 1 aromatic carbocycles. The minimum atomic E-state index is -3.38. The Balaban J connectivity index is 1.72. The molecule has 0 saturated carbocycles. The highest BCUT2D eigenvalue weighted by atomic mass is 35.5. The zero-order valence-electron chi connectivity index (χ0n) is 15.1. The van der Waals surface area contributed by atoms with Gasteiger partial charge in [0, 0.05) is 17.3 Å². The highest BCUT2D eigenvalue weighted by molar-refractivity contribution is 7.91. The molecule has 0 spiro atoms. The smallest absolute Gasteiger partial charge is 0.255 e. The monoisotopic (exact) mass is 415 g/mol. The lowest BCUT2D eigenvalue weighted by Crippen LogP contribution is -2.13. The van der Waals surface area contributed by atoms with Crippen LogP contribution in [0.15, 0.2) is 66.0 Å². The van der Waals surface area contributed by atoms with E-state index in [9.17, 15) is 13.2 Å². The fraction of sp³-hybridized carbons (Fsp3) is 0.150. The first-order valence-electron chi connectivity index (χ1n) is 8.62. The number of carbonyl (C=O) groups excluding carboxylic acids is 1. The Labute approximate surface area is 168 Å². The molecule has 0 bridgehead atoms. The number of pyridine rings is 2. The summed E-state index contributed by atoms with van der Waals surface area (Å²) in [5.74, 6) is -0.289. The fourth-order valence-corrected chi connectivity index (χ4v) is 4.06. The molecule has 1 N–H and O–H groups in total. The van der Waals surface area contributed by atoms with E-state index < -0.39 is 9.84 Å². The first kappa shape index (κ1) is 20.0. The normalized spacial score (nSPS) is 11.2. The first-order valence-corrected chi connectivity index (χ1v) is 10.6. The van der Waals surface area contributed by atoms with Crippen LogP contribution in [0.2, 0.25) is 5.02 Å². The van der Waals surface area contributed by atoms with Gasteiger partial charge in [0.05, 0.1) is 28.4 Å². The lowest BCUT2D eigenvalue weighted by atomic mass is 10.1. The van der Waals surface area contributed by atoms with Gasteiger partial charge in [0.25, 0.3) is 5.91 Å². The molecule has 0 aliphatic heterocycles. The van der Waals surface area contributed by atoms with E-state index in [1.807, 2.05) is 0 Å². The Hall–Kier alpha value is -2.77. The van der Waals surface area contributed by atoms with Gasteiger partial charge in [0.1, 0.15) is 0 Å². The van der Waals surface area contributed by atoms with Gasteiger partial charge >= 0.3 is 0 Å². The van der Waals surface area contributed by atoms with Crippen LogP contribution < -0.4 is 5.32 Å². The molecule has 0 fully saturated rings. The Morgan fingerprint density at radius 3 is 2.43 bits per heavy atom. The van der Waals surface area contributed by atoms with Gasteiger partial charge in [-0.15, -0.1) is 0 Å². The van der Waals surface area contributed by atoms with Gasteiger partial charge in [0.15, 0.2) is 14.9 Å². The summed E-state index contributed by atoms with van der Waals surface area (Å²) in [7, 11) is -3.38. The van der Waals surface area contributed by atoms with E-state index >= 15 is 0 Å². The van der Waals surface area contributed by atoms with Crippen molar-refractivity contribution in [1.82, 2.24) is 9.97 Å². The summed E-state index contributed by atoms with van der Waals surface area (Å²) in [6.07, 6.45) is 3.50. The number of hydrogen-bond donors (Lipinski definition) is 1. The molecule has 1 amide bonds. The second kappa shape index (κ2) is 8.50. The molecule has 0 radical (unpaired) electrons. The third kappa shape index (κ3) is 4.55. The SMILES string of the molecule is CCCS(=O)(=O)c1ccc(NC(=O)c2ccc(-c3ncccc3Cl)cc2)cn1. The molecule has 2 aromatic heterocycles. The van der Waals surface area contributed by atoms with Crippen molar-refractivity contribution < 1.29 is 13.2 Å². The first-order chi connectivity index (χ1) is 13.4. The van der Waals surface area contributed by atoms with E-state index in [2.05, 4.69) is 15.3 Å². The van der Waals surface area contributed by atoms with Crippen LogP contribution in [-0.2, 0) is 9.84 Å². The van der Waals surface area contributed by atoms with Crippen LogP contribution in [0.1, 0.15) is 23.7 Å². The summed E-state index contributed by atoms with van der Waals surface area (Å²) < 4.78 is 24.0. The molecule has 2 heterocycles. The number of aromatic nitrogens is 2. The summed E-state index contributed by atoms with van der Waals surface area (Å²) in [5.41, 5.74) is 2.30. The van der Waals surface area contributed by atoms with Gasteiger partial charge in [0.2, 0.25) is 0 Å². The van der Waals surface area contributed by atoms with Gasteiger partial charge < -0.3 is 5.32 Å². The standard InChI is InChI=1S/C20H18ClN3O3S/c1-2-12-28(26,27)18-10-9-16(13-23-18)24-20(25)15-7-5-14(6-8-15)19-17(21)4-3-11-22-19/h3-11,13H,2,12H2,1H3,(H,24,25). The second-order valence-corrected chi connectivity index (χ2v) is 8.53. The topological polar surface area (TPSA) is 89.0 Å². The predicted molar refractivity (Wildman–Crippen MR) is 109 cm³/mol. The number of benzene rings is 1. The van der Waals surface area contributed by atoms with Crippen LogP contribution in [0, 0.1) is 0 Å². The van der Waals surface area contributed by atoms with Gasteiger partial charge in [-0.2, -0.15) is 0 Å². The molecule has 6 nitrogen and oxygen atoms in total. The highest BCUT2D eigenvalue weighted by Crippen LogP contribution is 2.25. The molecule has 0 atom stereocenters. The highest BCUT2D eigenvalue weighted by Gasteiger charge is 2.15. The number of sulfone groups is 1. The summed E-state index contributed by atoms with van der Waals surface area (Å²) in [6.45, 7) is 1.79. The maximum Gasteiger partial charge on any atom is 0.255 e. The number of hydrogen-bond acceptors (Lipinski definition) is 5. The molecule has 3 aromatic rings. The van der Waals surface area contributed by atoms with E-state index in [4.69, 9.17) is 11.6 Å². The third-order valence-electron chi connectivity index (χ3n) is 3.96. The average Bonchev–Trinajstić information content (AvgIpc) is 2.69. The van der Waals surface area contributed by atoms with Crippen molar-refractivity contribution in [2.75, 3.05) is 11.1 Å². The van der Waals surface area contributed by atoms with Gasteiger partial charge in [-0.25, -0.2) is 13.4 Å². The van der Waals surface area contributed by atoms with Crippen molar-refractivity contribution in [3.8, 4) is 11.3 Å². The van der Waals surface area contributed by atoms with Crippen LogP contribution in [0.25, 0.3) is 11.3 Å². The van der Waals surface area contributed by atoms with Crippen LogP contribution in [0.4, 0.5) is 5.69 Å². The zero-order chi connectivity index (χ0) is 20.1. The Bertz CT molecular complexity index is 1080. The van der Waals surface area contributed by atoms with E-state index in [1.54, 1.807) is 49.5 Å². The van der Waals surface area contributed by atoms with Crippen LogP contribution in [0.5, 0.6) is 0 Å². The predicted octanol–water partition coefficient (Wildman–Crippen LogP) is 4.23. The second-order valence-electron chi connectivity index (χ2n) is 6.07. The van der Waals surface area contributed by atoms with Gasteiger partial charge in [-0.05, 0) is 42.8 Å². The lowest BCUT2D eigenvalue weighted by Gasteiger charge is -2.08. The number of nitrogens with one attached hydrogen (secondary N) is 1.